The first kappa shape index (κ1) is 8.02. The highest BCUT2D eigenvalue weighted by molar-refractivity contribution is 5.01. The molecule has 0 aliphatic heterocycles. The fourth-order valence-electron chi connectivity index (χ4n) is 2.02. The molecule has 0 aromatic carbocycles. The van der Waals surface area contributed by atoms with Gasteiger partial charge in [0, 0.05) is 11.6 Å². The topological polar surface area (TPSA) is 52.0 Å². The summed E-state index contributed by atoms with van der Waals surface area (Å²) in [5, 5.41) is 0. The Morgan fingerprint density at radius 2 is 1.80 bits per heavy atom. The molecule has 4 N–H and O–H groups in total. The third-order valence-electron chi connectivity index (χ3n) is 2.55. The van der Waals surface area contributed by atoms with Gasteiger partial charge in [-0.1, -0.05) is 13.8 Å². The lowest BCUT2D eigenvalue weighted by atomic mass is 9.86. The summed E-state index contributed by atoms with van der Waals surface area (Å²) in [7, 11) is 0. The van der Waals surface area contributed by atoms with Crippen molar-refractivity contribution in [1.82, 2.24) is 0 Å². The highest BCUT2D eigenvalue weighted by Gasteiger charge is 2.42. The SMILES string of the molecule is CC1(C)C[C@](C)(N)C[C@H]1N. The summed E-state index contributed by atoms with van der Waals surface area (Å²) in [6.07, 6.45) is 2.00. The molecular weight excluding hydrogens is 124 g/mol. The van der Waals surface area contributed by atoms with E-state index in [4.69, 9.17) is 11.5 Å². The fraction of sp³-hybridized carbons (Fsp3) is 1.00. The van der Waals surface area contributed by atoms with Gasteiger partial charge in [-0.3, -0.25) is 0 Å². The molecule has 2 nitrogen and oxygen atoms in total. The minimum absolute atomic E-state index is 0.0249. The summed E-state index contributed by atoms with van der Waals surface area (Å²) in [5.41, 5.74) is 12.1. The van der Waals surface area contributed by atoms with Crippen LogP contribution in [0.3, 0.4) is 0 Å². The zero-order chi connectivity index (χ0) is 7.99. The Labute approximate surface area is 63.0 Å². The van der Waals surface area contributed by atoms with Gasteiger partial charge in [0.2, 0.25) is 0 Å². The predicted molar refractivity (Wildman–Crippen MR) is 43.6 cm³/mol. The number of hydrogen-bond acceptors (Lipinski definition) is 2. The van der Waals surface area contributed by atoms with Crippen molar-refractivity contribution in [2.24, 2.45) is 16.9 Å². The first-order valence-corrected chi connectivity index (χ1v) is 3.88. The summed E-state index contributed by atoms with van der Waals surface area (Å²) in [6.45, 7) is 6.47. The van der Waals surface area contributed by atoms with Crippen molar-refractivity contribution in [3.63, 3.8) is 0 Å². The Kier molecular flexibility index (Phi) is 1.57. The zero-order valence-electron chi connectivity index (χ0n) is 7.15. The normalized spacial score (nSPS) is 45.9. The molecule has 2 atom stereocenters. The van der Waals surface area contributed by atoms with E-state index in [-0.39, 0.29) is 17.0 Å². The van der Waals surface area contributed by atoms with Gasteiger partial charge in [-0.25, -0.2) is 0 Å². The highest BCUT2D eigenvalue weighted by Crippen LogP contribution is 2.40. The van der Waals surface area contributed by atoms with Gasteiger partial charge >= 0.3 is 0 Å². The largest absolute Gasteiger partial charge is 0.327 e. The van der Waals surface area contributed by atoms with E-state index in [2.05, 4.69) is 20.8 Å². The van der Waals surface area contributed by atoms with Crippen LogP contribution in [0.1, 0.15) is 33.6 Å². The van der Waals surface area contributed by atoms with Gasteiger partial charge < -0.3 is 11.5 Å². The molecule has 0 radical (unpaired) electrons. The van der Waals surface area contributed by atoms with Gasteiger partial charge in [-0.05, 0) is 25.2 Å². The van der Waals surface area contributed by atoms with E-state index in [1.165, 1.54) is 0 Å². The van der Waals surface area contributed by atoms with Crippen molar-refractivity contribution in [2.45, 2.75) is 45.2 Å². The van der Waals surface area contributed by atoms with Crippen molar-refractivity contribution < 1.29 is 0 Å². The Hall–Kier alpha value is -0.0800. The van der Waals surface area contributed by atoms with E-state index in [0.717, 1.165) is 12.8 Å². The molecule has 1 fully saturated rings. The number of rotatable bonds is 0. The van der Waals surface area contributed by atoms with Crippen molar-refractivity contribution >= 4 is 0 Å². The summed E-state index contributed by atoms with van der Waals surface area (Å²) in [4.78, 5) is 0. The maximum atomic E-state index is 5.96. The van der Waals surface area contributed by atoms with Crippen molar-refractivity contribution in [1.29, 1.82) is 0 Å². The van der Waals surface area contributed by atoms with Crippen LogP contribution in [0.25, 0.3) is 0 Å². The average molecular weight is 142 g/mol. The molecular formula is C8H18N2. The first-order chi connectivity index (χ1) is 4.33. The molecule has 60 valence electrons. The lowest BCUT2D eigenvalue weighted by molar-refractivity contribution is 0.318. The first-order valence-electron chi connectivity index (χ1n) is 3.88. The molecule has 0 amide bonds. The molecule has 0 spiro atoms. The van der Waals surface area contributed by atoms with Gasteiger partial charge in [0.1, 0.15) is 0 Å². The van der Waals surface area contributed by atoms with Gasteiger partial charge in [-0.15, -0.1) is 0 Å². The summed E-state index contributed by atoms with van der Waals surface area (Å²) >= 11 is 0. The summed E-state index contributed by atoms with van der Waals surface area (Å²) < 4.78 is 0. The molecule has 0 aromatic rings. The van der Waals surface area contributed by atoms with E-state index in [1.54, 1.807) is 0 Å². The fourth-order valence-corrected chi connectivity index (χ4v) is 2.02. The summed E-state index contributed by atoms with van der Waals surface area (Å²) in [6, 6.07) is 0.280. The monoisotopic (exact) mass is 142 g/mol. The minimum atomic E-state index is -0.0249. The molecule has 0 aromatic heterocycles. The Morgan fingerprint density at radius 3 is 1.90 bits per heavy atom. The van der Waals surface area contributed by atoms with Crippen LogP contribution in [0, 0.1) is 5.41 Å². The van der Waals surface area contributed by atoms with Gasteiger partial charge in [0.05, 0.1) is 0 Å². The van der Waals surface area contributed by atoms with E-state index in [9.17, 15) is 0 Å². The van der Waals surface area contributed by atoms with Gasteiger partial charge in [-0.2, -0.15) is 0 Å². The average Bonchev–Trinajstić information content (AvgIpc) is 1.73. The quantitative estimate of drug-likeness (QED) is 0.527. The minimum Gasteiger partial charge on any atom is -0.327 e. The van der Waals surface area contributed by atoms with Crippen LogP contribution in [-0.2, 0) is 0 Å². The van der Waals surface area contributed by atoms with Crippen molar-refractivity contribution in [3.05, 3.63) is 0 Å². The van der Waals surface area contributed by atoms with Crippen molar-refractivity contribution in [3.8, 4) is 0 Å². The van der Waals surface area contributed by atoms with Crippen LogP contribution < -0.4 is 11.5 Å². The smallest absolute Gasteiger partial charge is 0.0146 e. The maximum absolute atomic E-state index is 5.96. The second-order valence-corrected chi connectivity index (χ2v) is 4.63. The molecule has 1 rings (SSSR count). The van der Waals surface area contributed by atoms with E-state index in [0.29, 0.717) is 0 Å². The molecule has 0 saturated heterocycles. The van der Waals surface area contributed by atoms with Crippen molar-refractivity contribution in [2.75, 3.05) is 0 Å². The molecule has 1 saturated carbocycles. The Balaban J connectivity index is 2.71. The predicted octanol–water partition coefficient (Wildman–Crippen LogP) is 0.851. The highest BCUT2D eigenvalue weighted by atomic mass is 14.8. The lowest BCUT2D eigenvalue weighted by Gasteiger charge is -2.23. The number of hydrogen-bond donors (Lipinski definition) is 2. The molecule has 1 aliphatic carbocycles. The molecule has 10 heavy (non-hydrogen) atoms. The zero-order valence-corrected chi connectivity index (χ0v) is 7.15. The van der Waals surface area contributed by atoms with E-state index < -0.39 is 0 Å². The molecule has 0 unspecified atom stereocenters. The van der Waals surface area contributed by atoms with Crippen LogP contribution in [0.5, 0.6) is 0 Å². The van der Waals surface area contributed by atoms with Crippen LogP contribution in [0.15, 0.2) is 0 Å². The van der Waals surface area contributed by atoms with Crippen LogP contribution in [-0.4, -0.2) is 11.6 Å². The Bertz CT molecular complexity index is 138. The molecule has 0 bridgehead atoms. The lowest BCUT2D eigenvalue weighted by Crippen LogP contribution is -2.34. The second kappa shape index (κ2) is 1.95. The van der Waals surface area contributed by atoms with Crippen LogP contribution >= 0.6 is 0 Å². The van der Waals surface area contributed by atoms with Gasteiger partial charge in [0.25, 0.3) is 0 Å². The Morgan fingerprint density at radius 1 is 1.30 bits per heavy atom. The third kappa shape index (κ3) is 1.32. The standard InChI is InChI=1S/C8H18N2/c1-7(2)5-8(3,10)4-6(7)9/h6H,4-5,9-10H2,1-3H3/t6-,8-/m1/s1. The second-order valence-electron chi connectivity index (χ2n) is 4.63. The molecule has 1 aliphatic rings. The molecule has 2 heteroatoms. The van der Waals surface area contributed by atoms with E-state index in [1.807, 2.05) is 0 Å². The van der Waals surface area contributed by atoms with E-state index >= 15 is 0 Å². The number of nitrogens with two attached hydrogens (primary N) is 2. The molecule has 0 heterocycles. The third-order valence-corrected chi connectivity index (χ3v) is 2.55. The van der Waals surface area contributed by atoms with Crippen LogP contribution in [0.2, 0.25) is 0 Å². The summed E-state index contributed by atoms with van der Waals surface area (Å²) in [5.74, 6) is 0. The maximum Gasteiger partial charge on any atom is 0.0146 e. The van der Waals surface area contributed by atoms with Gasteiger partial charge in [0.15, 0.2) is 0 Å². The van der Waals surface area contributed by atoms with Crippen LogP contribution in [0.4, 0.5) is 0 Å².